The van der Waals surface area contributed by atoms with Crippen molar-refractivity contribution in [2.24, 2.45) is 0 Å². The van der Waals surface area contributed by atoms with Crippen LogP contribution in [0.15, 0.2) is 42.5 Å². The van der Waals surface area contributed by atoms with Gasteiger partial charge in [-0.05, 0) is 49.7 Å². The van der Waals surface area contributed by atoms with Crippen molar-refractivity contribution in [2.45, 2.75) is 19.3 Å². The minimum Gasteiger partial charge on any atom is -0.508 e. The lowest BCUT2D eigenvalue weighted by atomic mass is 10.00. The molecule has 0 aliphatic carbocycles. The van der Waals surface area contributed by atoms with E-state index in [0.29, 0.717) is 25.1 Å². The van der Waals surface area contributed by atoms with E-state index in [9.17, 15) is 9.90 Å². The highest BCUT2D eigenvalue weighted by Gasteiger charge is 2.26. The fraction of sp³-hybridized carbons (Fsp3) is 0.409. The summed E-state index contributed by atoms with van der Waals surface area (Å²) in [6.07, 6.45) is 2.03. The molecule has 2 aliphatic rings. The number of halogens is 1. The van der Waals surface area contributed by atoms with Gasteiger partial charge in [0.1, 0.15) is 5.75 Å². The highest BCUT2D eigenvalue weighted by atomic mass is 35.5. The number of piperazine rings is 1. The smallest absolute Gasteiger partial charge is 0.227 e. The third kappa shape index (κ3) is 4.10. The lowest BCUT2D eigenvalue weighted by molar-refractivity contribution is -0.118. The molecule has 1 amide bonds. The monoisotopic (exact) mass is 399 g/mol. The average molecular weight is 400 g/mol. The fourth-order valence-electron chi connectivity index (χ4n) is 4.17. The summed E-state index contributed by atoms with van der Waals surface area (Å²) in [6.45, 7) is 5.67. The molecule has 5 nitrogen and oxygen atoms in total. The minimum atomic E-state index is 0.156. The normalized spacial score (nSPS) is 17.7. The molecule has 2 aliphatic heterocycles. The van der Waals surface area contributed by atoms with Gasteiger partial charge in [0.05, 0.1) is 5.69 Å². The van der Waals surface area contributed by atoms with Gasteiger partial charge < -0.3 is 14.9 Å². The van der Waals surface area contributed by atoms with Gasteiger partial charge in [-0.2, -0.15) is 0 Å². The first-order valence-electron chi connectivity index (χ1n) is 9.96. The van der Waals surface area contributed by atoms with E-state index in [-0.39, 0.29) is 5.91 Å². The molecule has 0 aromatic heterocycles. The second kappa shape index (κ2) is 8.41. The maximum atomic E-state index is 12.4. The zero-order valence-electron chi connectivity index (χ0n) is 16.0. The van der Waals surface area contributed by atoms with Gasteiger partial charge in [-0.3, -0.25) is 9.69 Å². The molecule has 2 heterocycles. The number of benzene rings is 2. The Bertz CT molecular complexity index is 849. The summed E-state index contributed by atoms with van der Waals surface area (Å²) in [5.41, 5.74) is 2.96. The lowest BCUT2D eigenvalue weighted by Gasteiger charge is -2.36. The van der Waals surface area contributed by atoms with E-state index in [4.69, 9.17) is 11.6 Å². The number of hydrogen-bond acceptors (Lipinski definition) is 4. The van der Waals surface area contributed by atoms with Gasteiger partial charge in [-0.1, -0.05) is 23.7 Å². The predicted octanol–water partition coefficient (Wildman–Crippen LogP) is 3.54. The van der Waals surface area contributed by atoms with E-state index in [1.807, 2.05) is 35.2 Å². The van der Waals surface area contributed by atoms with Crippen LogP contribution in [-0.2, 0) is 11.2 Å². The summed E-state index contributed by atoms with van der Waals surface area (Å²) in [6, 6.07) is 13.5. The Morgan fingerprint density at radius 2 is 1.75 bits per heavy atom. The number of fused-ring (bicyclic) bond motifs is 1. The molecule has 6 heteroatoms. The Morgan fingerprint density at radius 3 is 2.54 bits per heavy atom. The molecule has 0 radical (unpaired) electrons. The van der Waals surface area contributed by atoms with E-state index in [1.54, 1.807) is 6.07 Å². The van der Waals surface area contributed by atoms with Gasteiger partial charge in [0, 0.05) is 55.4 Å². The zero-order chi connectivity index (χ0) is 19.5. The van der Waals surface area contributed by atoms with Crippen LogP contribution in [0, 0.1) is 0 Å². The number of rotatable bonds is 5. The van der Waals surface area contributed by atoms with E-state index in [2.05, 4.69) is 15.9 Å². The zero-order valence-corrected chi connectivity index (χ0v) is 16.7. The number of amides is 1. The second-order valence-electron chi connectivity index (χ2n) is 7.48. The quantitative estimate of drug-likeness (QED) is 0.835. The van der Waals surface area contributed by atoms with Crippen molar-refractivity contribution in [1.29, 1.82) is 0 Å². The third-order valence-electron chi connectivity index (χ3n) is 5.71. The molecule has 1 fully saturated rings. The second-order valence-corrected chi connectivity index (χ2v) is 7.92. The molecular weight excluding hydrogens is 374 g/mol. The number of nitrogens with zero attached hydrogens (tertiary/aromatic N) is 3. The van der Waals surface area contributed by atoms with Crippen molar-refractivity contribution in [1.82, 2.24) is 4.90 Å². The lowest BCUT2D eigenvalue weighted by Crippen LogP contribution is -2.47. The number of carbonyl (C=O) groups excluding carboxylic acids is 1. The van der Waals surface area contributed by atoms with Crippen molar-refractivity contribution in [3.63, 3.8) is 0 Å². The summed E-state index contributed by atoms with van der Waals surface area (Å²) in [5, 5.41) is 10.8. The number of anilines is 2. The minimum absolute atomic E-state index is 0.156. The van der Waals surface area contributed by atoms with Crippen LogP contribution in [0.2, 0.25) is 5.02 Å². The molecule has 0 bridgehead atoms. The Labute approximate surface area is 171 Å². The maximum Gasteiger partial charge on any atom is 0.227 e. The van der Waals surface area contributed by atoms with Crippen LogP contribution in [0.25, 0.3) is 0 Å². The molecule has 148 valence electrons. The molecule has 0 saturated carbocycles. The van der Waals surface area contributed by atoms with Crippen LogP contribution in [0.3, 0.4) is 0 Å². The van der Waals surface area contributed by atoms with E-state index in [1.165, 1.54) is 5.69 Å². The molecule has 2 aromatic rings. The number of phenols is 1. The maximum absolute atomic E-state index is 12.4. The van der Waals surface area contributed by atoms with Crippen LogP contribution in [0.4, 0.5) is 11.4 Å². The Morgan fingerprint density at radius 1 is 0.964 bits per heavy atom. The number of aromatic hydroxyl groups is 1. The summed E-state index contributed by atoms with van der Waals surface area (Å²) >= 11 is 6.11. The van der Waals surface area contributed by atoms with Gasteiger partial charge in [-0.25, -0.2) is 0 Å². The molecule has 0 atom stereocenters. The van der Waals surface area contributed by atoms with Crippen LogP contribution in [0.5, 0.6) is 5.75 Å². The summed E-state index contributed by atoms with van der Waals surface area (Å²) in [5.74, 6) is 0.455. The van der Waals surface area contributed by atoms with E-state index < -0.39 is 0 Å². The molecule has 1 N–H and O–H groups in total. The van der Waals surface area contributed by atoms with Crippen molar-refractivity contribution in [3.05, 3.63) is 53.1 Å². The Kier molecular flexibility index (Phi) is 5.74. The van der Waals surface area contributed by atoms with Crippen LogP contribution < -0.4 is 9.80 Å². The van der Waals surface area contributed by atoms with Gasteiger partial charge in [-0.15, -0.1) is 0 Å². The molecule has 2 aromatic carbocycles. The molecule has 0 unspecified atom stereocenters. The Balaban J connectivity index is 1.29. The molecule has 28 heavy (non-hydrogen) atoms. The molecule has 4 rings (SSSR count). The third-order valence-corrected chi connectivity index (χ3v) is 5.94. The first kappa shape index (κ1) is 19.1. The molecule has 0 spiro atoms. The predicted molar refractivity (Wildman–Crippen MR) is 114 cm³/mol. The highest BCUT2D eigenvalue weighted by Crippen LogP contribution is 2.34. The molecule has 1 saturated heterocycles. The molecular formula is C22H26ClN3O2. The van der Waals surface area contributed by atoms with Crippen LogP contribution in [-0.4, -0.2) is 55.2 Å². The SMILES string of the molecule is O=C1CCc2c(O)cccc2N1CCCN1CCN(c2cccc(Cl)c2)CC1. The summed E-state index contributed by atoms with van der Waals surface area (Å²) < 4.78 is 0. The number of phenolic OH excluding ortho intramolecular Hbond substituents is 1. The number of carbonyl (C=O) groups is 1. The fourth-order valence-corrected chi connectivity index (χ4v) is 4.36. The average Bonchev–Trinajstić information content (AvgIpc) is 2.70. The highest BCUT2D eigenvalue weighted by molar-refractivity contribution is 6.30. The number of hydrogen-bond donors (Lipinski definition) is 1. The standard InChI is InChI=1S/C22H26ClN3O2/c23-17-4-1-5-18(16-17)25-14-12-24(13-15-25)10-3-11-26-20-6-2-7-21(27)19(20)8-9-22(26)28/h1-2,4-7,16,27H,3,8-15H2. The Hall–Kier alpha value is -2.24. The largest absolute Gasteiger partial charge is 0.508 e. The van der Waals surface area contributed by atoms with Crippen LogP contribution >= 0.6 is 11.6 Å². The first-order valence-corrected chi connectivity index (χ1v) is 10.3. The van der Waals surface area contributed by atoms with E-state index in [0.717, 1.165) is 55.4 Å². The first-order chi connectivity index (χ1) is 13.6. The summed E-state index contributed by atoms with van der Waals surface area (Å²) in [7, 11) is 0. The van der Waals surface area contributed by atoms with Crippen molar-refractivity contribution in [3.8, 4) is 5.75 Å². The van der Waals surface area contributed by atoms with Crippen molar-refractivity contribution < 1.29 is 9.90 Å². The van der Waals surface area contributed by atoms with E-state index >= 15 is 0 Å². The van der Waals surface area contributed by atoms with Crippen molar-refractivity contribution >= 4 is 28.9 Å². The summed E-state index contributed by atoms with van der Waals surface area (Å²) in [4.78, 5) is 19.1. The van der Waals surface area contributed by atoms with Gasteiger partial charge in [0.25, 0.3) is 0 Å². The van der Waals surface area contributed by atoms with Gasteiger partial charge in [0.15, 0.2) is 0 Å². The van der Waals surface area contributed by atoms with Crippen molar-refractivity contribution in [2.75, 3.05) is 49.1 Å². The van der Waals surface area contributed by atoms with Gasteiger partial charge >= 0.3 is 0 Å². The topological polar surface area (TPSA) is 47.0 Å². The van der Waals surface area contributed by atoms with Gasteiger partial charge in [0.2, 0.25) is 5.91 Å². The van der Waals surface area contributed by atoms with Crippen LogP contribution in [0.1, 0.15) is 18.4 Å².